The molecular weight excluding hydrogens is 495 g/mol. The van der Waals surface area contributed by atoms with Gasteiger partial charge in [0.15, 0.2) is 0 Å². The van der Waals surface area contributed by atoms with E-state index in [4.69, 9.17) is 0 Å². The summed E-state index contributed by atoms with van der Waals surface area (Å²) >= 11 is 1.24. The first-order chi connectivity index (χ1) is 17.6. The zero-order valence-corrected chi connectivity index (χ0v) is 21.8. The van der Waals surface area contributed by atoms with Crippen LogP contribution < -0.4 is 10.7 Å². The standard InChI is InChI=1S/C27H31FN4O4S/c1-17-16-37-27(24(17)26(36)31-29-12-20-7-9-23(28)10-8-20)30-25(35)22-6-4-5-21(11-22)15-32(13-18(2)33)14-19(3)34/h4-12,16,18-19,33-34H,13-15H2,1-3H3,(H,30,35)(H,31,36)/b29-12+. The molecule has 0 fully saturated rings. The molecule has 3 rings (SSSR count). The predicted octanol–water partition coefficient (Wildman–Crippen LogP) is 3.78. The molecule has 0 saturated heterocycles. The van der Waals surface area contributed by atoms with E-state index in [2.05, 4.69) is 15.8 Å². The second-order valence-electron chi connectivity index (χ2n) is 8.92. The lowest BCUT2D eigenvalue weighted by atomic mass is 10.1. The Kier molecular flexibility index (Phi) is 10.0. The van der Waals surface area contributed by atoms with Gasteiger partial charge in [0, 0.05) is 25.2 Å². The number of amides is 2. The van der Waals surface area contributed by atoms with Crippen LogP contribution in [-0.4, -0.2) is 58.4 Å². The third-order valence-corrected chi connectivity index (χ3v) is 6.33. The first kappa shape index (κ1) is 28.1. The minimum atomic E-state index is -0.558. The Hall–Kier alpha value is -3.44. The van der Waals surface area contributed by atoms with Crippen molar-refractivity contribution in [3.05, 3.63) is 87.5 Å². The smallest absolute Gasteiger partial charge is 0.274 e. The number of benzene rings is 2. The van der Waals surface area contributed by atoms with Crippen molar-refractivity contribution in [1.29, 1.82) is 0 Å². The first-order valence-corrected chi connectivity index (χ1v) is 12.7. The molecule has 0 aliphatic rings. The molecule has 1 aromatic heterocycles. The van der Waals surface area contributed by atoms with Crippen LogP contribution in [-0.2, 0) is 6.54 Å². The maximum Gasteiger partial charge on any atom is 0.274 e. The summed E-state index contributed by atoms with van der Waals surface area (Å²) in [6.45, 7) is 6.36. The van der Waals surface area contributed by atoms with Crippen LogP contribution in [0.2, 0.25) is 0 Å². The van der Waals surface area contributed by atoms with Gasteiger partial charge in [0.2, 0.25) is 0 Å². The molecule has 0 radical (unpaired) electrons. The number of nitrogens with one attached hydrogen (secondary N) is 2. The molecule has 2 aromatic carbocycles. The van der Waals surface area contributed by atoms with Crippen molar-refractivity contribution in [3.8, 4) is 0 Å². The van der Waals surface area contributed by atoms with E-state index in [0.717, 1.165) is 5.56 Å². The Bertz CT molecular complexity index is 1230. The summed E-state index contributed by atoms with van der Waals surface area (Å²) in [5.74, 6) is -1.21. The van der Waals surface area contributed by atoms with Crippen molar-refractivity contribution in [2.45, 2.75) is 39.5 Å². The fourth-order valence-corrected chi connectivity index (χ4v) is 4.72. The van der Waals surface area contributed by atoms with Gasteiger partial charge in [-0.15, -0.1) is 11.3 Å². The van der Waals surface area contributed by atoms with Gasteiger partial charge >= 0.3 is 0 Å². The van der Waals surface area contributed by atoms with Crippen LogP contribution in [0.3, 0.4) is 0 Å². The van der Waals surface area contributed by atoms with Crippen LogP contribution in [0.5, 0.6) is 0 Å². The SMILES string of the molecule is Cc1csc(NC(=O)c2cccc(CN(CC(C)O)CC(C)O)c2)c1C(=O)N/N=C/c1ccc(F)cc1. The van der Waals surface area contributed by atoms with Crippen molar-refractivity contribution in [2.24, 2.45) is 5.10 Å². The zero-order chi connectivity index (χ0) is 26.9. The summed E-state index contributed by atoms with van der Waals surface area (Å²) in [5, 5.41) is 28.5. The average Bonchev–Trinajstić information content (AvgIpc) is 3.19. The number of aliphatic hydroxyl groups is 2. The molecule has 4 N–H and O–H groups in total. The number of hydrogen-bond donors (Lipinski definition) is 4. The quantitative estimate of drug-likeness (QED) is 0.224. The van der Waals surface area contributed by atoms with E-state index in [-0.39, 0.29) is 11.7 Å². The van der Waals surface area contributed by atoms with Gasteiger partial charge in [0.05, 0.1) is 24.0 Å². The number of hydrogen-bond acceptors (Lipinski definition) is 7. The highest BCUT2D eigenvalue weighted by Crippen LogP contribution is 2.28. The maximum atomic E-state index is 13.0. The van der Waals surface area contributed by atoms with E-state index in [0.29, 0.717) is 46.9 Å². The molecule has 2 atom stereocenters. The van der Waals surface area contributed by atoms with Crippen molar-refractivity contribution in [1.82, 2.24) is 10.3 Å². The number of halogens is 1. The van der Waals surface area contributed by atoms with Gasteiger partial charge in [-0.3, -0.25) is 14.5 Å². The molecular formula is C27H31FN4O4S. The normalized spacial score (nSPS) is 13.1. The summed E-state index contributed by atoms with van der Waals surface area (Å²) in [6.07, 6.45) is 0.287. The Morgan fingerprint density at radius 2 is 1.76 bits per heavy atom. The topological polar surface area (TPSA) is 114 Å². The molecule has 0 spiro atoms. The number of aliphatic hydroxyl groups excluding tert-OH is 2. The van der Waals surface area contributed by atoms with Crippen molar-refractivity contribution >= 4 is 34.4 Å². The fourth-order valence-electron chi connectivity index (χ4n) is 3.78. The highest BCUT2D eigenvalue weighted by molar-refractivity contribution is 7.15. The zero-order valence-electron chi connectivity index (χ0n) is 20.9. The lowest BCUT2D eigenvalue weighted by molar-refractivity contribution is 0.0793. The number of thiophene rings is 1. The molecule has 0 bridgehead atoms. The first-order valence-electron chi connectivity index (χ1n) is 11.8. The van der Waals surface area contributed by atoms with Gasteiger partial charge in [0.1, 0.15) is 10.8 Å². The Labute approximate surface area is 219 Å². The predicted molar refractivity (Wildman–Crippen MR) is 144 cm³/mol. The van der Waals surface area contributed by atoms with E-state index in [1.807, 2.05) is 11.0 Å². The van der Waals surface area contributed by atoms with Crippen molar-refractivity contribution in [2.75, 3.05) is 18.4 Å². The van der Waals surface area contributed by atoms with Crippen molar-refractivity contribution in [3.63, 3.8) is 0 Å². The van der Waals surface area contributed by atoms with Crippen LogP contribution >= 0.6 is 11.3 Å². The van der Waals surface area contributed by atoms with E-state index >= 15 is 0 Å². The second kappa shape index (κ2) is 13.2. The lowest BCUT2D eigenvalue weighted by Crippen LogP contribution is -2.35. The van der Waals surface area contributed by atoms with Gasteiger partial charge in [-0.25, -0.2) is 9.82 Å². The minimum absolute atomic E-state index is 0.311. The van der Waals surface area contributed by atoms with Gasteiger partial charge < -0.3 is 15.5 Å². The summed E-state index contributed by atoms with van der Waals surface area (Å²) < 4.78 is 13.0. The summed E-state index contributed by atoms with van der Waals surface area (Å²) in [6, 6.07) is 12.7. The number of nitrogens with zero attached hydrogens (tertiary/aromatic N) is 2. The maximum absolute atomic E-state index is 13.0. The second-order valence-corrected chi connectivity index (χ2v) is 9.80. The monoisotopic (exact) mass is 526 g/mol. The Balaban J connectivity index is 1.69. The van der Waals surface area contributed by atoms with Gasteiger partial charge in [0.25, 0.3) is 11.8 Å². The molecule has 1 heterocycles. The molecule has 3 aromatic rings. The molecule has 0 aliphatic heterocycles. The van der Waals surface area contributed by atoms with E-state index in [1.54, 1.807) is 44.4 Å². The van der Waals surface area contributed by atoms with Gasteiger partial charge in [-0.2, -0.15) is 5.10 Å². The van der Waals surface area contributed by atoms with Crippen LogP contribution in [0, 0.1) is 12.7 Å². The van der Waals surface area contributed by atoms with Crippen LogP contribution in [0.15, 0.2) is 59.0 Å². The van der Waals surface area contributed by atoms with Gasteiger partial charge in [-0.1, -0.05) is 24.3 Å². The number of carbonyl (C=O) groups is 2. The molecule has 0 aliphatic carbocycles. The summed E-state index contributed by atoms with van der Waals surface area (Å²) in [4.78, 5) is 27.7. The molecule has 0 saturated carbocycles. The number of hydrazone groups is 1. The van der Waals surface area contributed by atoms with Crippen LogP contribution in [0.25, 0.3) is 0 Å². The average molecular weight is 527 g/mol. The molecule has 8 nitrogen and oxygen atoms in total. The molecule has 37 heavy (non-hydrogen) atoms. The molecule has 196 valence electrons. The van der Waals surface area contributed by atoms with E-state index < -0.39 is 18.1 Å². The van der Waals surface area contributed by atoms with Gasteiger partial charge in [-0.05, 0) is 67.1 Å². The third kappa shape index (κ3) is 8.57. The highest BCUT2D eigenvalue weighted by Gasteiger charge is 2.19. The minimum Gasteiger partial charge on any atom is -0.392 e. The van der Waals surface area contributed by atoms with Crippen LogP contribution in [0.1, 0.15) is 51.3 Å². The number of anilines is 1. The van der Waals surface area contributed by atoms with Crippen molar-refractivity contribution < 1.29 is 24.2 Å². The third-order valence-electron chi connectivity index (χ3n) is 5.32. The fraction of sp³-hybridized carbons (Fsp3) is 0.296. The van der Waals surface area contributed by atoms with Crippen LogP contribution in [0.4, 0.5) is 9.39 Å². The summed E-state index contributed by atoms with van der Waals surface area (Å²) in [5.41, 5.74) is 5.34. The molecule has 2 unspecified atom stereocenters. The number of rotatable bonds is 11. The Morgan fingerprint density at radius 1 is 1.08 bits per heavy atom. The number of carbonyl (C=O) groups excluding carboxylic acids is 2. The van der Waals surface area contributed by atoms with E-state index in [9.17, 15) is 24.2 Å². The molecule has 2 amide bonds. The Morgan fingerprint density at radius 3 is 2.41 bits per heavy atom. The largest absolute Gasteiger partial charge is 0.392 e. The summed E-state index contributed by atoms with van der Waals surface area (Å²) in [7, 11) is 0. The number of aryl methyl sites for hydroxylation is 1. The lowest BCUT2D eigenvalue weighted by Gasteiger charge is -2.25. The van der Waals surface area contributed by atoms with E-state index in [1.165, 1.54) is 41.8 Å². The highest BCUT2D eigenvalue weighted by atomic mass is 32.1. The molecule has 10 heteroatoms.